The summed E-state index contributed by atoms with van der Waals surface area (Å²) in [6.45, 7) is 2.91. The number of hydrogen-bond acceptors (Lipinski definition) is 7. The minimum Gasteiger partial charge on any atom is -0.368 e. The molecule has 7 nitrogen and oxygen atoms in total. The van der Waals surface area contributed by atoms with Gasteiger partial charge in [-0.05, 0) is 25.1 Å². The Morgan fingerprint density at radius 3 is 2.75 bits per heavy atom. The van der Waals surface area contributed by atoms with E-state index in [1.807, 2.05) is 47.3 Å². The number of aryl methyl sites for hydroxylation is 1. The molecule has 0 fully saturated rings. The largest absolute Gasteiger partial charge is 0.368 e. The monoisotopic (exact) mass is 341 g/mol. The first-order chi connectivity index (χ1) is 11.7. The minimum atomic E-state index is 0.113. The van der Waals surface area contributed by atoms with Crippen molar-refractivity contribution in [2.75, 3.05) is 16.8 Å². The zero-order chi connectivity index (χ0) is 16.8. The molecule has 2 aromatic heterocycles. The second-order valence-corrected chi connectivity index (χ2v) is 6.60. The number of nitrogen functional groups attached to an aromatic ring is 1. The lowest BCUT2D eigenvalue weighted by Crippen LogP contribution is -2.09. The highest BCUT2D eigenvalue weighted by atomic mass is 32.2. The number of aromatic nitrogens is 5. The van der Waals surface area contributed by atoms with E-state index in [9.17, 15) is 0 Å². The molecule has 0 saturated heterocycles. The lowest BCUT2D eigenvalue weighted by molar-refractivity contribution is 0.665. The molecular weight excluding hydrogens is 322 g/mol. The summed E-state index contributed by atoms with van der Waals surface area (Å²) in [5.41, 5.74) is 6.74. The summed E-state index contributed by atoms with van der Waals surface area (Å²) in [4.78, 5) is 12.9. The normalized spacial score (nSPS) is 12.0. The molecule has 0 amide bonds. The van der Waals surface area contributed by atoms with Gasteiger partial charge in [0.25, 0.3) is 0 Å². The maximum absolute atomic E-state index is 5.83. The quantitative estimate of drug-likeness (QED) is 0.682. The van der Waals surface area contributed by atoms with Gasteiger partial charge in [-0.15, -0.1) is 11.8 Å². The van der Waals surface area contributed by atoms with Crippen molar-refractivity contribution in [1.82, 2.24) is 24.7 Å². The Labute approximate surface area is 144 Å². The molecule has 1 atom stereocenters. The van der Waals surface area contributed by atoms with Crippen LogP contribution in [0.1, 0.15) is 18.0 Å². The molecule has 0 aliphatic carbocycles. The van der Waals surface area contributed by atoms with E-state index in [4.69, 9.17) is 5.73 Å². The molecule has 3 aromatic rings. The van der Waals surface area contributed by atoms with E-state index < -0.39 is 0 Å². The summed E-state index contributed by atoms with van der Waals surface area (Å²) in [7, 11) is 0. The third-order valence-corrected chi connectivity index (χ3v) is 4.44. The topological polar surface area (TPSA) is 94.5 Å². The molecule has 1 aromatic carbocycles. The summed E-state index contributed by atoms with van der Waals surface area (Å²) >= 11 is 1.75. The first kappa shape index (κ1) is 16.3. The molecule has 0 bridgehead atoms. The van der Waals surface area contributed by atoms with Crippen molar-refractivity contribution >= 4 is 29.3 Å². The van der Waals surface area contributed by atoms with E-state index >= 15 is 0 Å². The van der Waals surface area contributed by atoms with Gasteiger partial charge in [0.1, 0.15) is 5.82 Å². The number of nitrogens with one attached hydrogen (secondary N) is 1. The zero-order valence-electron chi connectivity index (χ0n) is 13.3. The minimum absolute atomic E-state index is 0.113. The van der Waals surface area contributed by atoms with Crippen LogP contribution in [0, 0.1) is 0 Å². The Bertz CT molecular complexity index is 761. The fraction of sp³-hybridized carbons (Fsp3) is 0.250. The summed E-state index contributed by atoms with van der Waals surface area (Å²) in [6, 6.07) is 11.7. The highest BCUT2D eigenvalue weighted by Gasteiger charge is 2.13. The molecule has 124 valence electrons. The van der Waals surface area contributed by atoms with Gasteiger partial charge in [0, 0.05) is 30.4 Å². The van der Waals surface area contributed by atoms with Crippen molar-refractivity contribution in [2.24, 2.45) is 0 Å². The lowest BCUT2D eigenvalue weighted by Gasteiger charge is -2.12. The average molecular weight is 341 g/mol. The number of rotatable bonds is 7. The zero-order valence-corrected chi connectivity index (χ0v) is 14.1. The van der Waals surface area contributed by atoms with Crippen LogP contribution < -0.4 is 11.1 Å². The third kappa shape index (κ3) is 4.45. The van der Waals surface area contributed by atoms with Crippen LogP contribution in [0.4, 0.5) is 17.6 Å². The Morgan fingerprint density at radius 1 is 1.17 bits per heavy atom. The van der Waals surface area contributed by atoms with Crippen LogP contribution in [0.3, 0.4) is 0 Å². The van der Waals surface area contributed by atoms with Crippen LogP contribution in [-0.4, -0.2) is 30.5 Å². The third-order valence-electron chi connectivity index (χ3n) is 3.31. The standard InChI is InChI=1S/C16H19N7S/c1-12(24-11-10-23-9-5-8-18-23)14-20-15(17)22-16(21-14)19-13-6-3-2-4-7-13/h2-9,12H,10-11H2,1H3,(H3,17,19,20,21,22)/t12-/m1/s1. The molecule has 0 spiro atoms. The van der Waals surface area contributed by atoms with Crippen LogP contribution in [0.15, 0.2) is 48.8 Å². The molecule has 0 unspecified atom stereocenters. The number of benzene rings is 1. The maximum Gasteiger partial charge on any atom is 0.232 e. The van der Waals surface area contributed by atoms with Crippen molar-refractivity contribution < 1.29 is 0 Å². The second-order valence-electron chi connectivity index (χ2n) is 5.15. The number of nitrogens with two attached hydrogens (primary N) is 1. The summed E-state index contributed by atoms with van der Waals surface area (Å²) in [5, 5.41) is 7.46. The Morgan fingerprint density at radius 2 is 2.00 bits per heavy atom. The van der Waals surface area contributed by atoms with Gasteiger partial charge in [0.2, 0.25) is 11.9 Å². The van der Waals surface area contributed by atoms with Gasteiger partial charge >= 0.3 is 0 Å². The molecule has 0 aliphatic heterocycles. The van der Waals surface area contributed by atoms with Crippen LogP contribution in [0.2, 0.25) is 0 Å². The second kappa shape index (κ2) is 7.78. The fourth-order valence-corrected chi connectivity index (χ4v) is 3.03. The van der Waals surface area contributed by atoms with Crippen molar-refractivity contribution in [2.45, 2.75) is 18.7 Å². The smallest absolute Gasteiger partial charge is 0.232 e. The van der Waals surface area contributed by atoms with E-state index in [1.165, 1.54) is 0 Å². The van der Waals surface area contributed by atoms with E-state index in [2.05, 4.69) is 32.3 Å². The van der Waals surface area contributed by atoms with Crippen molar-refractivity contribution in [3.63, 3.8) is 0 Å². The highest BCUT2D eigenvalue weighted by molar-refractivity contribution is 7.99. The Kier molecular flexibility index (Phi) is 5.27. The van der Waals surface area contributed by atoms with Crippen LogP contribution in [0.25, 0.3) is 0 Å². The summed E-state index contributed by atoms with van der Waals surface area (Å²) in [6.07, 6.45) is 3.73. The number of anilines is 3. The van der Waals surface area contributed by atoms with Gasteiger partial charge in [0.05, 0.1) is 5.25 Å². The maximum atomic E-state index is 5.83. The first-order valence-electron chi connectivity index (χ1n) is 7.63. The molecule has 8 heteroatoms. The molecule has 0 aliphatic rings. The predicted molar refractivity (Wildman–Crippen MR) is 97.1 cm³/mol. The van der Waals surface area contributed by atoms with Gasteiger partial charge < -0.3 is 11.1 Å². The fourth-order valence-electron chi connectivity index (χ4n) is 2.13. The van der Waals surface area contributed by atoms with Gasteiger partial charge in [-0.3, -0.25) is 4.68 Å². The summed E-state index contributed by atoms with van der Waals surface area (Å²) in [5.74, 6) is 2.27. The molecule has 0 saturated carbocycles. The summed E-state index contributed by atoms with van der Waals surface area (Å²) < 4.78 is 1.91. The van der Waals surface area contributed by atoms with Gasteiger partial charge in [-0.2, -0.15) is 20.1 Å². The molecule has 24 heavy (non-hydrogen) atoms. The van der Waals surface area contributed by atoms with Crippen LogP contribution in [0.5, 0.6) is 0 Å². The predicted octanol–water partition coefficient (Wildman–Crippen LogP) is 2.89. The molecule has 3 N–H and O–H groups in total. The van der Waals surface area contributed by atoms with Gasteiger partial charge in [-0.25, -0.2) is 0 Å². The van der Waals surface area contributed by atoms with E-state index in [1.54, 1.807) is 18.0 Å². The van der Waals surface area contributed by atoms with Crippen molar-refractivity contribution in [3.05, 3.63) is 54.6 Å². The average Bonchev–Trinajstić information content (AvgIpc) is 3.08. The first-order valence-corrected chi connectivity index (χ1v) is 8.68. The Balaban J connectivity index is 1.64. The van der Waals surface area contributed by atoms with E-state index in [-0.39, 0.29) is 11.2 Å². The van der Waals surface area contributed by atoms with E-state index in [0.29, 0.717) is 11.8 Å². The Hall–Kier alpha value is -2.61. The number of nitrogens with zero attached hydrogens (tertiary/aromatic N) is 5. The molecule has 3 rings (SSSR count). The number of thioether (sulfide) groups is 1. The van der Waals surface area contributed by atoms with Crippen molar-refractivity contribution in [3.8, 4) is 0 Å². The lowest BCUT2D eigenvalue weighted by atomic mass is 10.3. The number of hydrogen-bond donors (Lipinski definition) is 2. The van der Waals surface area contributed by atoms with Crippen LogP contribution >= 0.6 is 11.8 Å². The van der Waals surface area contributed by atoms with Gasteiger partial charge in [0.15, 0.2) is 0 Å². The molecule has 2 heterocycles. The van der Waals surface area contributed by atoms with Gasteiger partial charge in [-0.1, -0.05) is 18.2 Å². The van der Waals surface area contributed by atoms with Crippen molar-refractivity contribution in [1.29, 1.82) is 0 Å². The van der Waals surface area contributed by atoms with Crippen LogP contribution in [-0.2, 0) is 6.54 Å². The molecular formula is C16H19N7S. The highest BCUT2D eigenvalue weighted by Crippen LogP contribution is 2.26. The van der Waals surface area contributed by atoms with E-state index in [0.717, 1.165) is 18.0 Å². The SMILES string of the molecule is C[C@@H](SCCn1cccn1)c1nc(N)nc(Nc2ccccc2)n1. The number of para-hydroxylation sites is 1. The molecule has 0 radical (unpaired) electrons.